The Morgan fingerprint density at radius 1 is 1.17 bits per heavy atom. The van der Waals surface area contributed by atoms with E-state index in [1.165, 1.54) is 39.8 Å². The molecule has 0 saturated carbocycles. The molecule has 118 valence electrons. The Bertz CT molecular complexity index is 887. The van der Waals surface area contributed by atoms with E-state index in [0.29, 0.717) is 22.6 Å². The fourth-order valence-corrected chi connectivity index (χ4v) is 2.40. The second-order valence-electron chi connectivity index (χ2n) is 5.46. The van der Waals surface area contributed by atoms with E-state index in [4.69, 9.17) is 0 Å². The molecule has 0 N–H and O–H groups in total. The molecule has 0 fully saturated rings. The van der Waals surface area contributed by atoms with Crippen LogP contribution in [0.25, 0.3) is 16.9 Å². The molecule has 0 saturated heterocycles. The van der Waals surface area contributed by atoms with Crippen molar-refractivity contribution in [3.05, 3.63) is 59.9 Å². The summed E-state index contributed by atoms with van der Waals surface area (Å²) in [4.78, 5) is 18.0. The topological polar surface area (TPSA) is 37.6 Å². The third kappa shape index (κ3) is 2.92. The van der Waals surface area contributed by atoms with Gasteiger partial charge < -0.3 is 4.90 Å². The van der Waals surface area contributed by atoms with Gasteiger partial charge >= 0.3 is 0 Å². The normalized spacial score (nSPS) is 11.0. The highest BCUT2D eigenvalue weighted by atomic mass is 19.1. The largest absolute Gasteiger partial charge is 0.348 e. The first kappa shape index (κ1) is 15.1. The summed E-state index contributed by atoms with van der Waals surface area (Å²) in [6.07, 6.45) is 1.33. The molecule has 6 heteroatoms. The number of imidazole rings is 1. The van der Waals surface area contributed by atoms with Gasteiger partial charge in [0, 0.05) is 25.9 Å². The second kappa shape index (κ2) is 5.79. The summed E-state index contributed by atoms with van der Waals surface area (Å²) in [5.41, 5.74) is 2.07. The Morgan fingerprint density at radius 3 is 2.65 bits per heavy atom. The first-order valence-corrected chi connectivity index (χ1v) is 7.08. The van der Waals surface area contributed by atoms with Crippen LogP contribution in [-0.2, 0) is 11.2 Å². The number of pyridine rings is 1. The number of fused-ring (bicyclic) bond motifs is 1. The maximum atomic E-state index is 13.6. The van der Waals surface area contributed by atoms with E-state index < -0.39 is 11.6 Å². The van der Waals surface area contributed by atoms with Crippen LogP contribution in [0.4, 0.5) is 8.78 Å². The number of nitrogens with zero attached hydrogens (tertiary/aromatic N) is 3. The lowest BCUT2D eigenvalue weighted by Gasteiger charge is -2.11. The number of aromatic nitrogens is 2. The lowest BCUT2D eigenvalue weighted by molar-refractivity contribution is -0.128. The molecular formula is C17H15F2N3O. The fourth-order valence-electron chi connectivity index (χ4n) is 2.40. The first-order chi connectivity index (χ1) is 11.0. The van der Waals surface area contributed by atoms with E-state index in [9.17, 15) is 13.6 Å². The molecule has 1 amide bonds. The fraction of sp³-hybridized carbons (Fsp3) is 0.176. The monoisotopic (exact) mass is 315 g/mol. The minimum absolute atomic E-state index is 0.0451. The van der Waals surface area contributed by atoms with Crippen molar-refractivity contribution in [1.29, 1.82) is 0 Å². The molecule has 23 heavy (non-hydrogen) atoms. The standard InChI is InChI=1S/C17H15F2N3O/c1-21(2)16(23)9-14-17(11-4-3-5-12(18)8-11)20-15-7-6-13(19)10-22(14)15/h3-8,10H,9H2,1-2H3. The number of hydrogen-bond acceptors (Lipinski definition) is 2. The predicted molar refractivity (Wildman–Crippen MR) is 82.9 cm³/mol. The Labute approximate surface area is 132 Å². The SMILES string of the molecule is CN(C)C(=O)Cc1c(-c2cccc(F)c2)nc2ccc(F)cn12. The number of benzene rings is 1. The molecule has 0 spiro atoms. The number of hydrogen-bond donors (Lipinski definition) is 0. The minimum atomic E-state index is -0.431. The van der Waals surface area contributed by atoms with Crippen LogP contribution < -0.4 is 0 Å². The molecule has 0 aliphatic heterocycles. The van der Waals surface area contributed by atoms with Crippen molar-refractivity contribution in [3.63, 3.8) is 0 Å². The highest BCUT2D eigenvalue weighted by Gasteiger charge is 2.18. The van der Waals surface area contributed by atoms with Crippen molar-refractivity contribution in [1.82, 2.24) is 14.3 Å². The van der Waals surface area contributed by atoms with E-state index in [2.05, 4.69) is 4.98 Å². The zero-order valence-corrected chi connectivity index (χ0v) is 12.8. The zero-order chi connectivity index (χ0) is 16.6. The van der Waals surface area contributed by atoms with Crippen LogP contribution in [-0.4, -0.2) is 34.3 Å². The Hall–Kier alpha value is -2.76. The molecule has 0 atom stereocenters. The third-order valence-electron chi connectivity index (χ3n) is 3.60. The van der Waals surface area contributed by atoms with E-state index >= 15 is 0 Å². The maximum absolute atomic E-state index is 13.6. The molecule has 2 aromatic heterocycles. The molecule has 1 aromatic carbocycles. The number of carbonyl (C=O) groups is 1. The van der Waals surface area contributed by atoms with Crippen molar-refractivity contribution in [3.8, 4) is 11.3 Å². The number of rotatable bonds is 3. The average molecular weight is 315 g/mol. The number of carbonyl (C=O) groups excluding carboxylic acids is 1. The van der Waals surface area contributed by atoms with Crippen LogP contribution in [0.1, 0.15) is 5.69 Å². The quantitative estimate of drug-likeness (QED) is 0.745. The molecule has 4 nitrogen and oxygen atoms in total. The Kier molecular flexibility index (Phi) is 3.82. The van der Waals surface area contributed by atoms with Gasteiger partial charge in [-0.15, -0.1) is 0 Å². The van der Waals surface area contributed by atoms with Gasteiger partial charge in [-0.1, -0.05) is 12.1 Å². The Balaban J connectivity index is 2.21. The average Bonchev–Trinajstić information content (AvgIpc) is 2.85. The predicted octanol–water partition coefficient (Wildman–Crippen LogP) is 2.91. The smallest absolute Gasteiger partial charge is 0.228 e. The Morgan fingerprint density at radius 2 is 1.96 bits per heavy atom. The van der Waals surface area contributed by atoms with Crippen molar-refractivity contribution >= 4 is 11.6 Å². The summed E-state index contributed by atoms with van der Waals surface area (Å²) in [5.74, 6) is -0.969. The van der Waals surface area contributed by atoms with E-state index in [1.807, 2.05) is 0 Å². The number of amides is 1. The van der Waals surface area contributed by atoms with Crippen molar-refractivity contribution in [2.24, 2.45) is 0 Å². The first-order valence-electron chi connectivity index (χ1n) is 7.08. The van der Waals surface area contributed by atoms with Gasteiger partial charge in [0.15, 0.2) is 0 Å². The van der Waals surface area contributed by atoms with Crippen LogP contribution in [0.15, 0.2) is 42.6 Å². The minimum Gasteiger partial charge on any atom is -0.348 e. The molecule has 3 aromatic rings. The van der Waals surface area contributed by atoms with Gasteiger partial charge in [-0.3, -0.25) is 9.20 Å². The zero-order valence-electron chi connectivity index (χ0n) is 12.8. The maximum Gasteiger partial charge on any atom is 0.228 e. The number of halogens is 2. The van der Waals surface area contributed by atoms with Crippen molar-refractivity contribution in [2.75, 3.05) is 14.1 Å². The third-order valence-corrected chi connectivity index (χ3v) is 3.60. The summed E-state index contributed by atoms with van der Waals surface area (Å²) in [6, 6.07) is 8.81. The molecule has 0 unspecified atom stereocenters. The number of likely N-dealkylation sites (N-methyl/N-ethyl adjacent to an activating group) is 1. The summed E-state index contributed by atoms with van der Waals surface area (Å²) in [6.45, 7) is 0. The summed E-state index contributed by atoms with van der Waals surface area (Å²) in [5, 5.41) is 0. The van der Waals surface area contributed by atoms with Gasteiger partial charge in [-0.2, -0.15) is 0 Å². The molecule has 2 heterocycles. The van der Waals surface area contributed by atoms with Gasteiger partial charge in [0.2, 0.25) is 5.91 Å². The van der Waals surface area contributed by atoms with E-state index in [0.717, 1.165) is 0 Å². The van der Waals surface area contributed by atoms with E-state index in [-0.39, 0.29) is 12.3 Å². The van der Waals surface area contributed by atoms with Gasteiger partial charge in [0.25, 0.3) is 0 Å². The molecule has 0 radical (unpaired) electrons. The van der Waals surface area contributed by atoms with E-state index in [1.54, 1.807) is 26.2 Å². The molecule has 3 rings (SSSR count). The molecular weight excluding hydrogens is 300 g/mol. The van der Waals surface area contributed by atoms with Gasteiger partial charge in [0.1, 0.15) is 17.3 Å². The van der Waals surface area contributed by atoms with Crippen molar-refractivity contribution in [2.45, 2.75) is 6.42 Å². The van der Waals surface area contributed by atoms with Crippen LogP contribution >= 0.6 is 0 Å². The van der Waals surface area contributed by atoms with Gasteiger partial charge in [-0.25, -0.2) is 13.8 Å². The highest BCUT2D eigenvalue weighted by molar-refractivity contribution is 5.81. The van der Waals surface area contributed by atoms with Gasteiger partial charge in [-0.05, 0) is 24.3 Å². The summed E-state index contributed by atoms with van der Waals surface area (Å²) in [7, 11) is 3.29. The summed E-state index contributed by atoms with van der Waals surface area (Å²) >= 11 is 0. The van der Waals surface area contributed by atoms with Gasteiger partial charge in [0.05, 0.1) is 17.8 Å². The van der Waals surface area contributed by atoms with Crippen molar-refractivity contribution < 1.29 is 13.6 Å². The lowest BCUT2D eigenvalue weighted by Crippen LogP contribution is -2.24. The van der Waals surface area contributed by atoms with Crippen LogP contribution in [0, 0.1) is 11.6 Å². The van der Waals surface area contributed by atoms with Crippen LogP contribution in [0.2, 0.25) is 0 Å². The second-order valence-corrected chi connectivity index (χ2v) is 5.46. The molecule has 0 aliphatic rings. The molecule has 0 bridgehead atoms. The van der Waals surface area contributed by atoms with Crippen LogP contribution in [0.5, 0.6) is 0 Å². The van der Waals surface area contributed by atoms with Crippen LogP contribution in [0.3, 0.4) is 0 Å². The highest BCUT2D eigenvalue weighted by Crippen LogP contribution is 2.26. The lowest BCUT2D eigenvalue weighted by atomic mass is 10.1. The summed E-state index contributed by atoms with van der Waals surface area (Å²) < 4.78 is 28.6. The molecule has 0 aliphatic carbocycles.